The maximum absolute atomic E-state index is 10.9. The molecule has 0 saturated carbocycles. The minimum atomic E-state index is -0.467. The van der Waals surface area contributed by atoms with E-state index in [0.29, 0.717) is 5.75 Å². The van der Waals surface area contributed by atoms with Crippen molar-refractivity contribution in [1.82, 2.24) is 0 Å². The molecule has 2 rings (SSSR count). The van der Waals surface area contributed by atoms with Crippen molar-refractivity contribution < 1.29 is 9.66 Å². The second-order valence-corrected chi connectivity index (χ2v) is 4.52. The van der Waals surface area contributed by atoms with Crippen LogP contribution in [0.2, 0.25) is 0 Å². The Morgan fingerprint density at radius 1 is 1.20 bits per heavy atom. The molecule has 0 saturated heterocycles. The van der Waals surface area contributed by atoms with E-state index in [1.807, 2.05) is 31.2 Å². The lowest BCUT2D eigenvalue weighted by molar-refractivity contribution is -0.384. The Morgan fingerprint density at radius 2 is 1.90 bits per heavy atom. The molecule has 104 valence electrons. The average molecular weight is 272 g/mol. The Labute approximate surface area is 117 Å². The number of aryl methyl sites for hydroxylation is 1. The summed E-state index contributed by atoms with van der Waals surface area (Å²) in [5.74, 6) is 0.672. The zero-order valence-corrected chi connectivity index (χ0v) is 11.4. The van der Waals surface area contributed by atoms with Crippen molar-refractivity contribution in [1.29, 1.82) is 0 Å². The molecule has 1 unspecified atom stereocenters. The van der Waals surface area contributed by atoms with Gasteiger partial charge in [0.2, 0.25) is 0 Å². The van der Waals surface area contributed by atoms with Gasteiger partial charge in [0.05, 0.1) is 18.1 Å². The van der Waals surface area contributed by atoms with Gasteiger partial charge in [0.1, 0.15) is 5.75 Å². The summed E-state index contributed by atoms with van der Waals surface area (Å²) in [5, 5.41) is 10.9. The van der Waals surface area contributed by atoms with E-state index in [1.165, 1.54) is 12.1 Å². The van der Waals surface area contributed by atoms with E-state index < -0.39 is 11.0 Å². The van der Waals surface area contributed by atoms with Crippen molar-refractivity contribution in [2.75, 3.05) is 7.11 Å². The Bertz CT molecular complexity index is 641. The minimum absolute atomic E-state index is 0.0379. The van der Waals surface area contributed by atoms with E-state index in [9.17, 15) is 10.1 Å². The molecule has 0 radical (unpaired) electrons. The lowest BCUT2D eigenvalue weighted by Crippen LogP contribution is -2.14. The van der Waals surface area contributed by atoms with Crippen LogP contribution in [-0.4, -0.2) is 12.0 Å². The van der Waals surface area contributed by atoms with Gasteiger partial charge in [0.15, 0.2) is 0 Å². The number of nitrogens with zero attached hydrogens (tertiary/aromatic N) is 1. The molecule has 0 bridgehead atoms. The molecule has 2 aromatic rings. The number of nitro benzene ring substituents is 1. The Hall–Kier alpha value is -2.40. The second kappa shape index (κ2) is 5.71. The molecule has 0 spiro atoms. The zero-order chi connectivity index (χ0) is 14.7. The molecule has 0 aliphatic carbocycles. The van der Waals surface area contributed by atoms with Crippen LogP contribution in [0, 0.1) is 17.0 Å². The van der Waals surface area contributed by atoms with Gasteiger partial charge < -0.3 is 10.5 Å². The standard InChI is InChI=1S/C15H16N2O3/c1-10-7-8-11(17(18)19)9-13(10)15(16)12-5-3-4-6-14(12)20-2/h3-9,15H,16H2,1-2H3. The monoisotopic (exact) mass is 272 g/mol. The van der Waals surface area contributed by atoms with Gasteiger partial charge in [-0.15, -0.1) is 0 Å². The maximum atomic E-state index is 10.9. The smallest absolute Gasteiger partial charge is 0.269 e. The molecule has 0 aliphatic rings. The summed E-state index contributed by atoms with van der Waals surface area (Å²) >= 11 is 0. The van der Waals surface area contributed by atoms with Crippen LogP contribution in [0.4, 0.5) is 5.69 Å². The zero-order valence-electron chi connectivity index (χ0n) is 11.4. The normalized spacial score (nSPS) is 11.9. The summed E-state index contributed by atoms with van der Waals surface area (Å²) in [7, 11) is 1.58. The van der Waals surface area contributed by atoms with Crippen molar-refractivity contribution in [3.05, 3.63) is 69.3 Å². The first-order valence-electron chi connectivity index (χ1n) is 6.18. The third kappa shape index (κ3) is 2.62. The highest BCUT2D eigenvalue weighted by atomic mass is 16.6. The highest BCUT2D eigenvalue weighted by molar-refractivity contribution is 5.47. The molecule has 5 nitrogen and oxygen atoms in total. The van der Waals surface area contributed by atoms with Crippen LogP contribution in [0.3, 0.4) is 0 Å². The number of benzene rings is 2. The van der Waals surface area contributed by atoms with Crippen LogP contribution in [0.25, 0.3) is 0 Å². The van der Waals surface area contributed by atoms with Crippen LogP contribution < -0.4 is 10.5 Å². The largest absolute Gasteiger partial charge is 0.496 e. The van der Waals surface area contributed by atoms with Crippen molar-refractivity contribution in [2.45, 2.75) is 13.0 Å². The summed E-state index contributed by atoms with van der Waals surface area (Å²) in [4.78, 5) is 10.5. The topological polar surface area (TPSA) is 78.4 Å². The van der Waals surface area contributed by atoms with E-state index in [0.717, 1.165) is 16.7 Å². The first kappa shape index (κ1) is 14.0. The van der Waals surface area contributed by atoms with Crippen LogP contribution in [0.15, 0.2) is 42.5 Å². The van der Waals surface area contributed by atoms with Gasteiger partial charge in [0.25, 0.3) is 5.69 Å². The van der Waals surface area contributed by atoms with Crippen LogP contribution >= 0.6 is 0 Å². The SMILES string of the molecule is COc1ccccc1C(N)c1cc([N+](=O)[O-])ccc1C. The molecule has 0 heterocycles. The fourth-order valence-electron chi connectivity index (χ4n) is 2.17. The van der Waals surface area contributed by atoms with Gasteiger partial charge in [-0.25, -0.2) is 0 Å². The molecule has 1 atom stereocenters. The quantitative estimate of drug-likeness (QED) is 0.685. The Morgan fingerprint density at radius 3 is 2.55 bits per heavy atom. The highest BCUT2D eigenvalue weighted by Crippen LogP contribution is 2.31. The minimum Gasteiger partial charge on any atom is -0.496 e. The van der Waals surface area contributed by atoms with Crippen molar-refractivity contribution in [3.63, 3.8) is 0 Å². The predicted octanol–water partition coefficient (Wildman–Crippen LogP) is 2.96. The van der Waals surface area contributed by atoms with E-state index in [-0.39, 0.29) is 5.69 Å². The van der Waals surface area contributed by atoms with Crippen LogP contribution in [-0.2, 0) is 0 Å². The van der Waals surface area contributed by atoms with Crippen LogP contribution in [0.5, 0.6) is 5.75 Å². The van der Waals surface area contributed by atoms with E-state index >= 15 is 0 Å². The fourth-order valence-corrected chi connectivity index (χ4v) is 2.17. The number of hydrogen-bond acceptors (Lipinski definition) is 4. The molecule has 20 heavy (non-hydrogen) atoms. The third-order valence-corrected chi connectivity index (χ3v) is 3.28. The third-order valence-electron chi connectivity index (χ3n) is 3.28. The molecule has 5 heteroatoms. The van der Waals surface area contributed by atoms with Gasteiger partial charge in [-0.3, -0.25) is 10.1 Å². The van der Waals surface area contributed by atoms with Gasteiger partial charge in [0, 0.05) is 17.7 Å². The number of non-ortho nitro benzene ring substituents is 1. The first-order valence-corrected chi connectivity index (χ1v) is 6.18. The molecule has 0 fully saturated rings. The van der Waals surface area contributed by atoms with Crippen molar-refractivity contribution in [3.8, 4) is 5.75 Å². The van der Waals surface area contributed by atoms with E-state index in [2.05, 4.69) is 0 Å². The van der Waals surface area contributed by atoms with Gasteiger partial charge in [-0.1, -0.05) is 24.3 Å². The predicted molar refractivity (Wildman–Crippen MR) is 76.9 cm³/mol. The van der Waals surface area contributed by atoms with E-state index in [1.54, 1.807) is 13.2 Å². The van der Waals surface area contributed by atoms with Crippen molar-refractivity contribution in [2.24, 2.45) is 5.73 Å². The second-order valence-electron chi connectivity index (χ2n) is 4.52. The molecular formula is C15H16N2O3. The van der Waals surface area contributed by atoms with Gasteiger partial charge in [-0.2, -0.15) is 0 Å². The number of hydrogen-bond donors (Lipinski definition) is 1. The number of nitro groups is 1. The fraction of sp³-hybridized carbons (Fsp3) is 0.200. The Balaban J connectivity index is 2.50. The van der Waals surface area contributed by atoms with Crippen molar-refractivity contribution >= 4 is 5.69 Å². The molecule has 0 aliphatic heterocycles. The Kier molecular flexibility index (Phi) is 4.00. The summed E-state index contributed by atoms with van der Waals surface area (Å²) in [6.45, 7) is 1.88. The lowest BCUT2D eigenvalue weighted by atomic mass is 9.94. The van der Waals surface area contributed by atoms with Gasteiger partial charge >= 0.3 is 0 Å². The summed E-state index contributed by atoms with van der Waals surface area (Å²) < 4.78 is 5.29. The summed E-state index contributed by atoms with van der Waals surface area (Å²) in [6, 6.07) is 11.7. The molecule has 2 N–H and O–H groups in total. The van der Waals surface area contributed by atoms with Crippen LogP contribution in [0.1, 0.15) is 22.7 Å². The molecular weight excluding hydrogens is 256 g/mol. The maximum Gasteiger partial charge on any atom is 0.269 e. The number of nitrogens with two attached hydrogens (primary N) is 1. The summed E-state index contributed by atoms with van der Waals surface area (Å²) in [6.07, 6.45) is 0. The average Bonchev–Trinajstić information content (AvgIpc) is 2.46. The number of rotatable bonds is 4. The molecule has 2 aromatic carbocycles. The molecule has 0 aromatic heterocycles. The first-order chi connectivity index (χ1) is 9.54. The number of para-hydroxylation sites is 1. The number of methoxy groups -OCH3 is 1. The highest BCUT2D eigenvalue weighted by Gasteiger charge is 2.18. The van der Waals surface area contributed by atoms with E-state index in [4.69, 9.17) is 10.5 Å². The summed E-state index contributed by atoms with van der Waals surface area (Å²) in [5.41, 5.74) is 8.74. The lowest BCUT2D eigenvalue weighted by Gasteiger charge is -2.17. The molecule has 0 amide bonds. The van der Waals surface area contributed by atoms with Gasteiger partial charge in [-0.05, 0) is 24.1 Å². The number of ether oxygens (including phenoxy) is 1.